The number of hydrogen-bond donors (Lipinski definition) is 0. The summed E-state index contributed by atoms with van der Waals surface area (Å²) >= 11 is 3.32. The summed E-state index contributed by atoms with van der Waals surface area (Å²) in [5.41, 5.74) is 0.765. The zero-order valence-corrected chi connectivity index (χ0v) is 12.1. The Balaban J connectivity index is 2.31. The van der Waals surface area contributed by atoms with Crippen molar-refractivity contribution in [1.82, 2.24) is 0 Å². The molecule has 0 N–H and O–H groups in total. The van der Waals surface area contributed by atoms with Crippen molar-refractivity contribution in [3.8, 4) is 0 Å². The highest BCUT2D eigenvalue weighted by Crippen LogP contribution is 2.54. The van der Waals surface area contributed by atoms with E-state index in [9.17, 15) is 14.9 Å². The largest absolute Gasteiger partial charge is 0.309 e. The first-order valence-electron chi connectivity index (χ1n) is 6.24. The molecule has 3 rings (SSSR count). The molecule has 0 atom stereocenters. The Labute approximate surface area is 118 Å². The number of hydrogen-bond acceptors (Lipinski definition) is 3. The highest BCUT2D eigenvalue weighted by atomic mass is 79.9. The predicted molar refractivity (Wildman–Crippen MR) is 74.4 cm³/mol. The fourth-order valence-corrected chi connectivity index (χ4v) is 3.89. The monoisotopic (exact) mass is 324 g/mol. The van der Waals surface area contributed by atoms with Gasteiger partial charge in [-0.15, -0.1) is 0 Å². The van der Waals surface area contributed by atoms with Crippen LogP contribution in [0.15, 0.2) is 16.6 Å². The average molecular weight is 325 g/mol. The number of nitro benzene ring substituents is 1. The van der Waals surface area contributed by atoms with Gasteiger partial charge in [-0.25, -0.2) is 0 Å². The number of carbonyl (C=O) groups is 1. The minimum Gasteiger partial charge on any atom is -0.309 e. The SMILES string of the molecule is CN1C(=O)C2(CCCC2)c2cc(Br)cc([N+](=O)[O-])c21. The molecule has 0 bridgehead atoms. The van der Waals surface area contributed by atoms with Crippen LogP contribution in [-0.4, -0.2) is 17.9 Å². The molecule has 6 heteroatoms. The molecule has 1 saturated carbocycles. The van der Waals surface area contributed by atoms with Crippen molar-refractivity contribution in [2.45, 2.75) is 31.1 Å². The molecule has 1 aromatic carbocycles. The molecule has 1 amide bonds. The maximum atomic E-state index is 12.6. The first kappa shape index (κ1) is 12.6. The Bertz CT molecular complexity index is 594. The summed E-state index contributed by atoms with van der Waals surface area (Å²) in [5.74, 6) is 0.00111. The van der Waals surface area contributed by atoms with Crippen LogP contribution < -0.4 is 4.90 Å². The van der Waals surface area contributed by atoms with Gasteiger partial charge in [0.15, 0.2) is 0 Å². The van der Waals surface area contributed by atoms with Gasteiger partial charge in [0, 0.05) is 17.6 Å². The first-order valence-corrected chi connectivity index (χ1v) is 7.03. The van der Waals surface area contributed by atoms with E-state index in [1.54, 1.807) is 7.05 Å². The maximum absolute atomic E-state index is 12.6. The van der Waals surface area contributed by atoms with E-state index in [0.717, 1.165) is 31.2 Å². The molecule has 2 aliphatic rings. The minimum absolute atomic E-state index is 0.00111. The van der Waals surface area contributed by atoms with Gasteiger partial charge in [-0.05, 0) is 24.5 Å². The topological polar surface area (TPSA) is 63.5 Å². The van der Waals surface area contributed by atoms with Gasteiger partial charge in [0.05, 0.1) is 10.3 Å². The molecule has 0 unspecified atom stereocenters. The molecular weight excluding hydrogens is 312 g/mol. The van der Waals surface area contributed by atoms with Crippen LogP contribution in [0.2, 0.25) is 0 Å². The molecule has 5 nitrogen and oxygen atoms in total. The molecule has 100 valence electrons. The van der Waals surface area contributed by atoms with Crippen molar-refractivity contribution < 1.29 is 9.72 Å². The molecule has 0 saturated heterocycles. The lowest BCUT2D eigenvalue weighted by Crippen LogP contribution is -2.36. The molecule has 1 fully saturated rings. The van der Waals surface area contributed by atoms with E-state index in [0.29, 0.717) is 10.2 Å². The summed E-state index contributed by atoms with van der Waals surface area (Å²) in [7, 11) is 1.63. The van der Waals surface area contributed by atoms with Crippen LogP contribution in [-0.2, 0) is 10.2 Å². The zero-order chi connectivity index (χ0) is 13.8. The van der Waals surface area contributed by atoms with E-state index in [1.165, 1.54) is 11.0 Å². The van der Waals surface area contributed by atoms with Crippen molar-refractivity contribution in [1.29, 1.82) is 0 Å². The van der Waals surface area contributed by atoms with E-state index in [1.807, 2.05) is 6.07 Å². The van der Waals surface area contributed by atoms with Gasteiger partial charge in [-0.2, -0.15) is 0 Å². The maximum Gasteiger partial charge on any atom is 0.294 e. The number of nitro groups is 1. The lowest BCUT2D eigenvalue weighted by atomic mass is 9.80. The highest BCUT2D eigenvalue weighted by molar-refractivity contribution is 9.10. The first-order chi connectivity index (χ1) is 8.97. The summed E-state index contributed by atoms with van der Waals surface area (Å²) in [6.45, 7) is 0. The zero-order valence-electron chi connectivity index (χ0n) is 10.5. The Hall–Kier alpha value is -1.43. The molecule has 1 aliphatic heterocycles. The Morgan fingerprint density at radius 3 is 2.58 bits per heavy atom. The third-order valence-corrected chi connectivity index (χ3v) is 4.73. The Morgan fingerprint density at radius 1 is 1.37 bits per heavy atom. The number of benzene rings is 1. The number of halogens is 1. The van der Waals surface area contributed by atoms with E-state index >= 15 is 0 Å². The molecular formula is C13H13BrN2O3. The van der Waals surface area contributed by atoms with Gasteiger partial charge in [0.25, 0.3) is 5.69 Å². The molecule has 0 radical (unpaired) electrons. The fourth-order valence-electron chi connectivity index (χ4n) is 3.44. The number of carbonyl (C=O) groups excluding carboxylic acids is 1. The molecule has 19 heavy (non-hydrogen) atoms. The van der Waals surface area contributed by atoms with E-state index < -0.39 is 10.3 Å². The van der Waals surface area contributed by atoms with Crippen LogP contribution in [0.1, 0.15) is 31.2 Å². The fraction of sp³-hybridized carbons (Fsp3) is 0.462. The van der Waals surface area contributed by atoms with Gasteiger partial charge >= 0.3 is 0 Å². The second kappa shape index (κ2) is 4.03. The Kier molecular flexibility index (Phi) is 2.67. The summed E-state index contributed by atoms with van der Waals surface area (Å²) < 4.78 is 0.660. The van der Waals surface area contributed by atoms with Crippen LogP contribution in [0.3, 0.4) is 0 Å². The van der Waals surface area contributed by atoms with E-state index in [-0.39, 0.29) is 11.6 Å². The number of fused-ring (bicyclic) bond motifs is 2. The predicted octanol–water partition coefficient (Wildman–Crippen LogP) is 3.15. The molecule has 1 spiro atoms. The normalized spacial score (nSPS) is 20.1. The number of anilines is 1. The van der Waals surface area contributed by atoms with Crippen molar-refractivity contribution in [2.75, 3.05) is 11.9 Å². The second-order valence-corrected chi connectivity index (χ2v) is 6.15. The molecule has 0 aromatic heterocycles. The van der Waals surface area contributed by atoms with Gasteiger partial charge in [-0.1, -0.05) is 28.8 Å². The average Bonchev–Trinajstić information content (AvgIpc) is 2.92. The summed E-state index contributed by atoms with van der Waals surface area (Å²) in [4.78, 5) is 24.8. The Morgan fingerprint density at radius 2 is 2.00 bits per heavy atom. The minimum atomic E-state index is -0.529. The van der Waals surface area contributed by atoms with E-state index in [2.05, 4.69) is 15.9 Å². The lowest BCUT2D eigenvalue weighted by molar-refractivity contribution is -0.384. The lowest BCUT2D eigenvalue weighted by Gasteiger charge is -2.21. The second-order valence-electron chi connectivity index (χ2n) is 5.23. The standard InChI is InChI=1S/C13H13BrN2O3/c1-15-11-9(6-8(14)7-10(11)16(18)19)13(12(15)17)4-2-3-5-13/h6-7H,2-5H2,1H3. The molecule has 1 aliphatic carbocycles. The van der Waals surface area contributed by atoms with Crippen molar-refractivity contribution in [3.63, 3.8) is 0 Å². The number of nitrogens with zero attached hydrogens (tertiary/aromatic N) is 2. The quantitative estimate of drug-likeness (QED) is 0.588. The van der Waals surface area contributed by atoms with Crippen molar-refractivity contribution >= 4 is 33.2 Å². The molecule has 1 heterocycles. The summed E-state index contributed by atoms with van der Waals surface area (Å²) in [6.07, 6.45) is 3.58. The van der Waals surface area contributed by atoms with Crippen molar-refractivity contribution in [3.05, 3.63) is 32.3 Å². The third kappa shape index (κ3) is 1.55. The third-order valence-electron chi connectivity index (χ3n) is 4.27. The highest BCUT2D eigenvalue weighted by Gasteiger charge is 2.53. The van der Waals surface area contributed by atoms with Crippen LogP contribution in [0, 0.1) is 10.1 Å². The van der Waals surface area contributed by atoms with Crippen LogP contribution in [0.25, 0.3) is 0 Å². The molecule has 1 aromatic rings. The van der Waals surface area contributed by atoms with Crippen molar-refractivity contribution in [2.24, 2.45) is 0 Å². The number of amides is 1. The van der Waals surface area contributed by atoms with E-state index in [4.69, 9.17) is 0 Å². The van der Waals surface area contributed by atoms with Crippen LogP contribution in [0.4, 0.5) is 11.4 Å². The summed E-state index contributed by atoms with van der Waals surface area (Å²) in [5, 5.41) is 11.2. The summed E-state index contributed by atoms with van der Waals surface area (Å²) in [6, 6.07) is 3.34. The van der Waals surface area contributed by atoms with Gasteiger partial charge in [-0.3, -0.25) is 14.9 Å². The smallest absolute Gasteiger partial charge is 0.294 e. The van der Waals surface area contributed by atoms with Crippen LogP contribution in [0.5, 0.6) is 0 Å². The van der Waals surface area contributed by atoms with Gasteiger partial charge < -0.3 is 4.90 Å². The van der Waals surface area contributed by atoms with Gasteiger partial charge in [0.1, 0.15) is 5.69 Å². The number of likely N-dealkylation sites (N-methyl/N-ethyl adjacent to an activating group) is 1. The van der Waals surface area contributed by atoms with Gasteiger partial charge in [0.2, 0.25) is 5.91 Å². The number of rotatable bonds is 1. The van der Waals surface area contributed by atoms with Crippen LogP contribution >= 0.6 is 15.9 Å².